The number of hydrogen-bond acceptors (Lipinski definition) is 4. The van der Waals surface area contributed by atoms with Gasteiger partial charge in [-0.1, -0.05) is 126 Å². The summed E-state index contributed by atoms with van der Waals surface area (Å²) in [5, 5.41) is 0.496. The van der Waals surface area contributed by atoms with E-state index in [-0.39, 0.29) is 24.5 Å². The van der Waals surface area contributed by atoms with Gasteiger partial charge < -0.3 is 9.47 Å². The predicted molar refractivity (Wildman–Crippen MR) is 163 cm³/mol. The monoisotopic (exact) mass is 556 g/mol. The summed E-state index contributed by atoms with van der Waals surface area (Å²) in [6.45, 7) is 6.46. The van der Waals surface area contributed by atoms with Crippen LogP contribution in [0.25, 0.3) is 11.1 Å². The number of carbonyl (C=O) groups is 2. The number of hydrogen-bond donors (Lipinski definition) is 0. The molecule has 5 heteroatoms. The standard InChI is InChI=1S/C34H49ClO4/c1-4-6-8-10-11-12-13-14-15-17-32(36)29-21-19-28(20-22-29)30-23-24-33(31(35)25-30)38-26-27(3)39-34(37)18-16-9-7-5-2/h19-25,27H,4-18,26H2,1-3H3. The number of Topliss-reactive ketones (excluding diaryl/α,β-unsaturated/α-hetero) is 1. The first kappa shape index (κ1) is 32.9. The second kappa shape index (κ2) is 19.7. The number of unbranched alkanes of at least 4 members (excludes halogenated alkanes) is 11. The number of benzene rings is 2. The van der Waals surface area contributed by atoms with Crippen LogP contribution in [0.1, 0.15) is 127 Å². The minimum absolute atomic E-state index is 0.182. The van der Waals surface area contributed by atoms with Gasteiger partial charge in [0.25, 0.3) is 0 Å². The maximum atomic E-state index is 12.6. The summed E-state index contributed by atoms with van der Waals surface area (Å²) in [7, 11) is 0. The molecule has 0 spiro atoms. The summed E-state index contributed by atoms with van der Waals surface area (Å²) >= 11 is 6.49. The molecule has 0 N–H and O–H groups in total. The van der Waals surface area contributed by atoms with E-state index >= 15 is 0 Å². The van der Waals surface area contributed by atoms with Gasteiger partial charge in [-0.15, -0.1) is 0 Å². The largest absolute Gasteiger partial charge is 0.488 e. The molecule has 0 saturated carbocycles. The van der Waals surface area contributed by atoms with Gasteiger partial charge in [0.1, 0.15) is 18.5 Å². The van der Waals surface area contributed by atoms with Crippen molar-refractivity contribution in [2.24, 2.45) is 0 Å². The van der Waals surface area contributed by atoms with Crippen LogP contribution in [-0.2, 0) is 9.53 Å². The van der Waals surface area contributed by atoms with Crippen molar-refractivity contribution < 1.29 is 19.1 Å². The number of carbonyl (C=O) groups excluding carboxylic acids is 2. The minimum atomic E-state index is -0.347. The molecule has 1 unspecified atom stereocenters. The first-order valence-corrected chi connectivity index (χ1v) is 15.6. The van der Waals surface area contributed by atoms with Crippen LogP contribution in [0, 0.1) is 0 Å². The van der Waals surface area contributed by atoms with E-state index in [1.54, 1.807) is 0 Å². The normalized spacial score (nSPS) is 11.8. The predicted octanol–water partition coefficient (Wildman–Crippen LogP) is 10.4. The van der Waals surface area contributed by atoms with Crippen molar-refractivity contribution in [1.82, 2.24) is 0 Å². The van der Waals surface area contributed by atoms with Gasteiger partial charge in [0.2, 0.25) is 0 Å². The number of ether oxygens (including phenoxy) is 2. The molecule has 0 radical (unpaired) electrons. The van der Waals surface area contributed by atoms with E-state index < -0.39 is 0 Å². The Labute approximate surface area is 241 Å². The van der Waals surface area contributed by atoms with Gasteiger partial charge >= 0.3 is 5.97 Å². The number of halogens is 1. The van der Waals surface area contributed by atoms with Gasteiger partial charge in [0.05, 0.1) is 5.02 Å². The molecule has 0 heterocycles. The lowest BCUT2D eigenvalue weighted by atomic mass is 9.99. The fourth-order valence-corrected chi connectivity index (χ4v) is 4.84. The van der Waals surface area contributed by atoms with Crippen molar-refractivity contribution in [3.63, 3.8) is 0 Å². The summed E-state index contributed by atoms with van der Waals surface area (Å²) < 4.78 is 11.3. The zero-order chi connectivity index (χ0) is 28.3. The Morgan fingerprint density at radius 3 is 1.87 bits per heavy atom. The van der Waals surface area contributed by atoms with Crippen molar-refractivity contribution in [2.45, 2.75) is 123 Å². The molecule has 0 aliphatic heterocycles. The van der Waals surface area contributed by atoms with E-state index in [0.29, 0.717) is 23.6 Å². The van der Waals surface area contributed by atoms with Crippen molar-refractivity contribution in [3.05, 3.63) is 53.1 Å². The minimum Gasteiger partial charge on any atom is -0.488 e. The Kier molecular flexibility index (Phi) is 16.6. The average Bonchev–Trinajstić information content (AvgIpc) is 2.93. The third-order valence-electron chi connectivity index (χ3n) is 7.02. The zero-order valence-electron chi connectivity index (χ0n) is 24.4. The fourth-order valence-electron chi connectivity index (χ4n) is 4.61. The van der Waals surface area contributed by atoms with Crippen molar-refractivity contribution in [2.75, 3.05) is 6.61 Å². The highest BCUT2D eigenvalue weighted by Crippen LogP contribution is 2.31. The highest BCUT2D eigenvalue weighted by Gasteiger charge is 2.12. The third kappa shape index (κ3) is 13.5. The highest BCUT2D eigenvalue weighted by molar-refractivity contribution is 6.32. The summed E-state index contributed by atoms with van der Waals surface area (Å²) in [5.41, 5.74) is 2.71. The average molecular weight is 557 g/mol. The maximum absolute atomic E-state index is 12.6. The van der Waals surface area contributed by atoms with Crippen LogP contribution >= 0.6 is 11.6 Å². The molecule has 0 aliphatic carbocycles. The fraction of sp³-hybridized carbons (Fsp3) is 0.588. The lowest BCUT2D eigenvalue weighted by Crippen LogP contribution is -2.22. The van der Waals surface area contributed by atoms with Crippen LogP contribution in [0.5, 0.6) is 5.75 Å². The molecule has 2 aromatic carbocycles. The molecule has 4 nitrogen and oxygen atoms in total. The second-order valence-corrected chi connectivity index (χ2v) is 11.1. The molecule has 1 atom stereocenters. The molecule has 2 rings (SSSR count). The van der Waals surface area contributed by atoms with Gasteiger partial charge in [0, 0.05) is 18.4 Å². The second-order valence-electron chi connectivity index (χ2n) is 10.6. The number of esters is 1. The maximum Gasteiger partial charge on any atom is 0.306 e. The van der Waals surface area contributed by atoms with E-state index in [2.05, 4.69) is 13.8 Å². The highest BCUT2D eigenvalue weighted by atomic mass is 35.5. The number of rotatable bonds is 21. The van der Waals surface area contributed by atoms with Crippen LogP contribution in [0.4, 0.5) is 0 Å². The summed E-state index contributed by atoms with van der Waals surface area (Å²) in [5.74, 6) is 0.583. The first-order valence-electron chi connectivity index (χ1n) is 15.2. The molecule has 0 amide bonds. The first-order chi connectivity index (χ1) is 18.9. The van der Waals surface area contributed by atoms with Crippen LogP contribution in [0.2, 0.25) is 5.02 Å². The van der Waals surface area contributed by atoms with Crippen LogP contribution in [0.15, 0.2) is 42.5 Å². The Bertz CT molecular complexity index is 970. The van der Waals surface area contributed by atoms with Crippen LogP contribution < -0.4 is 4.74 Å². The van der Waals surface area contributed by atoms with Gasteiger partial charge in [-0.25, -0.2) is 0 Å². The molecule has 2 aromatic rings. The van der Waals surface area contributed by atoms with E-state index in [9.17, 15) is 9.59 Å². The van der Waals surface area contributed by atoms with E-state index in [0.717, 1.165) is 55.2 Å². The Morgan fingerprint density at radius 1 is 0.718 bits per heavy atom. The molecular formula is C34H49ClO4. The van der Waals surface area contributed by atoms with E-state index in [1.807, 2.05) is 49.4 Å². The number of ketones is 1. The van der Waals surface area contributed by atoms with Gasteiger partial charge in [0.15, 0.2) is 5.78 Å². The summed E-state index contributed by atoms with van der Waals surface area (Å²) in [6.07, 6.45) is 16.2. The van der Waals surface area contributed by atoms with Gasteiger partial charge in [-0.2, -0.15) is 0 Å². The Hall–Kier alpha value is -2.33. The van der Waals surface area contributed by atoms with Gasteiger partial charge in [-0.05, 0) is 43.0 Å². The van der Waals surface area contributed by atoms with E-state index in [4.69, 9.17) is 21.1 Å². The topological polar surface area (TPSA) is 52.6 Å². The molecule has 216 valence electrons. The SMILES string of the molecule is CCCCCCCCCCCC(=O)c1ccc(-c2ccc(OCC(C)OC(=O)CCCCCC)c(Cl)c2)cc1. The Balaban J connectivity index is 1.74. The lowest BCUT2D eigenvalue weighted by molar-refractivity contribution is -0.149. The van der Waals surface area contributed by atoms with Gasteiger partial charge in [-0.3, -0.25) is 9.59 Å². The summed E-state index contributed by atoms with van der Waals surface area (Å²) in [6, 6.07) is 13.4. The van der Waals surface area contributed by atoms with Crippen LogP contribution in [-0.4, -0.2) is 24.5 Å². The zero-order valence-corrected chi connectivity index (χ0v) is 25.2. The Morgan fingerprint density at radius 2 is 1.26 bits per heavy atom. The molecule has 0 aromatic heterocycles. The smallest absolute Gasteiger partial charge is 0.306 e. The quantitative estimate of drug-likeness (QED) is 0.0871. The van der Waals surface area contributed by atoms with Crippen molar-refractivity contribution in [1.29, 1.82) is 0 Å². The third-order valence-corrected chi connectivity index (χ3v) is 7.32. The molecule has 0 bridgehead atoms. The molecule has 0 aliphatic rings. The summed E-state index contributed by atoms with van der Waals surface area (Å²) in [4.78, 5) is 24.6. The van der Waals surface area contributed by atoms with Crippen molar-refractivity contribution >= 4 is 23.4 Å². The lowest BCUT2D eigenvalue weighted by Gasteiger charge is -2.15. The molecule has 39 heavy (non-hydrogen) atoms. The molecular weight excluding hydrogens is 508 g/mol. The van der Waals surface area contributed by atoms with Crippen molar-refractivity contribution in [3.8, 4) is 16.9 Å². The van der Waals surface area contributed by atoms with Crippen LogP contribution in [0.3, 0.4) is 0 Å². The molecule has 0 saturated heterocycles. The van der Waals surface area contributed by atoms with E-state index in [1.165, 1.54) is 44.9 Å². The molecule has 0 fully saturated rings.